The molecule has 0 spiro atoms. The normalized spacial score (nSPS) is 14.2. The van der Waals surface area contributed by atoms with E-state index >= 15 is 0 Å². The summed E-state index contributed by atoms with van der Waals surface area (Å²) in [6, 6.07) is 7.85. The number of nitrogens with zero attached hydrogens (tertiary/aromatic N) is 5. The number of alkyl halides is 1. The van der Waals surface area contributed by atoms with Crippen molar-refractivity contribution < 1.29 is 13.9 Å². The van der Waals surface area contributed by atoms with E-state index < -0.39 is 6.67 Å². The molecular weight excluding hydrogens is 373 g/mol. The Morgan fingerprint density at radius 1 is 1.10 bits per heavy atom. The monoisotopic (exact) mass is 397 g/mol. The van der Waals surface area contributed by atoms with E-state index in [1.807, 2.05) is 12.1 Å². The van der Waals surface area contributed by atoms with E-state index in [1.165, 1.54) is 15.7 Å². The Morgan fingerprint density at radius 2 is 1.86 bits per heavy atom. The van der Waals surface area contributed by atoms with Gasteiger partial charge >= 0.3 is 0 Å². The predicted molar refractivity (Wildman–Crippen MR) is 109 cm³/mol. The van der Waals surface area contributed by atoms with Crippen molar-refractivity contribution in [3.8, 4) is 11.5 Å². The Balaban J connectivity index is 1.64. The second-order valence-electron chi connectivity index (χ2n) is 6.87. The molecule has 0 bridgehead atoms. The van der Waals surface area contributed by atoms with Crippen molar-refractivity contribution in [1.29, 1.82) is 0 Å². The van der Waals surface area contributed by atoms with E-state index in [-0.39, 0.29) is 5.82 Å². The van der Waals surface area contributed by atoms with Crippen molar-refractivity contribution in [3.63, 3.8) is 0 Å². The highest BCUT2D eigenvalue weighted by Crippen LogP contribution is 2.39. The molecule has 0 saturated heterocycles. The molecule has 0 radical (unpaired) electrons. The number of hydrogen-bond acceptors (Lipinski definition) is 6. The van der Waals surface area contributed by atoms with Crippen LogP contribution in [-0.2, 0) is 13.1 Å². The molecule has 7 nitrogen and oxygen atoms in total. The van der Waals surface area contributed by atoms with Gasteiger partial charge < -0.3 is 14.4 Å². The predicted octanol–water partition coefficient (Wildman–Crippen LogP) is 3.47. The summed E-state index contributed by atoms with van der Waals surface area (Å²) >= 11 is 0. The summed E-state index contributed by atoms with van der Waals surface area (Å²) in [6.07, 6.45) is 3.90. The van der Waals surface area contributed by atoms with Crippen molar-refractivity contribution in [1.82, 2.24) is 19.8 Å². The van der Waals surface area contributed by atoms with Gasteiger partial charge in [0.2, 0.25) is 0 Å². The van der Waals surface area contributed by atoms with Crippen LogP contribution in [-0.4, -0.2) is 47.1 Å². The van der Waals surface area contributed by atoms with E-state index in [0.717, 1.165) is 42.3 Å². The summed E-state index contributed by atoms with van der Waals surface area (Å²) in [5.41, 5.74) is 3.91. The number of ether oxygens (including phenoxy) is 2. The lowest BCUT2D eigenvalue weighted by Gasteiger charge is -2.28. The smallest absolute Gasteiger partial charge is 0.185 e. The lowest BCUT2D eigenvalue weighted by Crippen LogP contribution is -2.29. The van der Waals surface area contributed by atoms with Crippen molar-refractivity contribution >= 4 is 17.0 Å². The lowest BCUT2D eigenvalue weighted by molar-refractivity contribution is 0.390. The maximum Gasteiger partial charge on any atom is 0.185 e. The molecular formula is C21H24FN5O2. The molecule has 1 aliphatic rings. The Bertz CT molecular complexity index is 1040. The minimum absolute atomic E-state index is 0.209. The Labute approximate surface area is 168 Å². The van der Waals surface area contributed by atoms with Crippen molar-refractivity contribution in [2.75, 3.05) is 32.2 Å². The molecule has 8 heteroatoms. The molecule has 0 saturated carbocycles. The summed E-state index contributed by atoms with van der Waals surface area (Å²) in [4.78, 5) is 2.14. The Kier molecular flexibility index (Phi) is 5.33. The first kappa shape index (κ1) is 19.2. The number of halogens is 1. The van der Waals surface area contributed by atoms with E-state index in [9.17, 15) is 4.39 Å². The molecule has 0 atom stereocenters. The maximum absolute atomic E-state index is 13.1. The Hall–Kier alpha value is -3.16. The van der Waals surface area contributed by atoms with Crippen LogP contribution < -0.4 is 14.4 Å². The van der Waals surface area contributed by atoms with Crippen molar-refractivity contribution in [3.05, 3.63) is 47.3 Å². The van der Waals surface area contributed by atoms with Gasteiger partial charge in [-0.25, -0.2) is 4.39 Å². The van der Waals surface area contributed by atoms with Gasteiger partial charge in [-0.05, 0) is 48.2 Å². The van der Waals surface area contributed by atoms with Crippen LogP contribution in [0.4, 0.5) is 10.2 Å². The van der Waals surface area contributed by atoms with Crippen molar-refractivity contribution in [2.24, 2.45) is 0 Å². The lowest BCUT2D eigenvalue weighted by atomic mass is 9.95. The summed E-state index contributed by atoms with van der Waals surface area (Å²) in [5.74, 6) is 2.64. The van der Waals surface area contributed by atoms with Crippen molar-refractivity contribution in [2.45, 2.75) is 26.4 Å². The number of aromatic nitrogens is 4. The fourth-order valence-corrected chi connectivity index (χ4v) is 3.67. The zero-order valence-corrected chi connectivity index (χ0v) is 16.9. The minimum atomic E-state index is -0.699. The van der Waals surface area contributed by atoms with E-state index in [2.05, 4.69) is 45.3 Å². The zero-order chi connectivity index (χ0) is 20.4. The van der Waals surface area contributed by atoms with E-state index in [0.29, 0.717) is 12.2 Å². The number of anilines is 1. The molecule has 0 aliphatic carbocycles. The van der Waals surface area contributed by atoms with Gasteiger partial charge in [-0.2, -0.15) is 4.52 Å². The SMILES string of the molecule is CCc1cc(OC)c(C2=CCN(c3ccc4nnc(CF)n4n3)CC2)c(OC)c1. The number of fused-ring (bicyclic) bond motifs is 1. The van der Waals surface area contributed by atoms with Gasteiger partial charge in [0.1, 0.15) is 17.3 Å². The average molecular weight is 397 g/mol. The third-order valence-electron chi connectivity index (χ3n) is 5.26. The summed E-state index contributed by atoms with van der Waals surface area (Å²) in [6.45, 7) is 2.87. The van der Waals surface area contributed by atoms with Gasteiger partial charge in [-0.15, -0.1) is 15.3 Å². The maximum atomic E-state index is 13.1. The number of aryl methyl sites for hydroxylation is 1. The van der Waals surface area contributed by atoms with Crippen LogP contribution in [0.3, 0.4) is 0 Å². The summed E-state index contributed by atoms with van der Waals surface area (Å²) in [7, 11) is 3.38. The highest BCUT2D eigenvalue weighted by molar-refractivity contribution is 5.77. The number of methoxy groups -OCH3 is 2. The standard InChI is InChI=1S/C21H24FN5O2/c1-4-14-11-16(28-2)21(17(12-14)29-3)15-7-9-26(10-8-15)19-6-5-18-23-24-20(13-22)27(18)25-19/h5-7,11-12H,4,8-10,13H2,1-3H3. The van der Waals surface area contributed by atoms with Crippen LogP contribution in [0.15, 0.2) is 30.3 Å². The summed E-state index contributed by atoms with van der Waals surface area (Å²) < 4.78 is 25.9. The molecule has 2 aromatic heterocycles. The largest absolute Gasteiger partial charge is 0.496 e. The molecule has 0 fully saturated rings. The van der Waals surface area contributed by atoms with Gasteiger partial charge in [0.15, 0.2) is 18.1 Å². The van der Waals surface area contributed by atoms with Gasteiger partial charge in [0, 0.05) is 13.1 Å². The van der Waals surface area contributed by atoms with E-state index in [1.54, 1.807) is 14.2 Å². The minimum Gasteiger partial charge on any atom is -0.496 e. The van der Waals surface area contributed by atoms with Crippen LogP contribution in [0.25, 0.3) is 11.2 Å². The average Bonchev–Trinajstić information content (AvgIpc) is 3.20. The molecule has 29 heavy (non-hydrogen) atoms. The molecule has 0 amide bonds. The first-order chi connectivity index (χ1) is 14.2. The summed E-state index contributed by atoms with van der Waals surface area (Å²) in [5, 5.41) is 12.3. The fourth-order valence-electron chi connectivity index (χ4n) is 3.67. The van der Waals surface area contributed by atoms with Gasteiger partial charge in [0.25, 0.3) is 0 Å². The van der Waals surface area contributed by atoms with E-state index in [4.69, 9.17) is 9.47 Å². The first-order valence-corrected chi connectivity index (χ1v) is 9.65. The second kappa shape index (κ2) is 8.06. The quantitative estimate of drug-likeness (QED) is 0.635. The zero-order valence-electron chi connectivity index (χ0n) is 16.9. The third-order valence-corrected chi connectivity index (χ3v) is 5.26. The molecule has 152 valence electrons. The first-order valence-electron chi connectivity index (χ1n) is 9.65. The number of hydrogen-bond donors (Lipinski definition) is 0. The van der Waals surface area contributed by atoms with Crippen LogP contribution in [0.2, 0.25) is 0 Å². The third kappa shape index (κ3) is 3.50. The van der Waals surface area contributed by atoms with Gasteiger partial charge in [-0.1, -0.05) is 13.0 Å². The molecule has 4 rings (SSSR count). The molecule has 3 aromatic rings. The van der Waals surface area contributed by atoms with Gasteiger partial charge in [0.05, 0.1) is 19.8 Å². The topological polar surface area (TPSA) is 64.8 Å². The van der Waals surface area contributed by atoms with Crippen LogP contribution in [0, 0.1) is 0 Å². The van der Waals surface area contributed by atoms with Crippen LogP contribution in [0.5, 0.6) is 11.5 Å². The molecule has 3 heterocycles. The molecule has 1 aromatic carbocycles. The second-order valence-corrected chi connectivity index (χ2v) is 6.87. The van der Waals surface area contributed by atoms with Gasteiger partial charge in [-0.3, -0.25) is 0 Å². The fraction of sp³-hybridized carbons (Fsp3) is 0.381. The highest BCUT2D eigenvalue weighted by atomic mass is 19.1. The molecule has 0 N–H and O–H groups in total. The number of benzene rings is 1. The van der Waals surface area contributed by atoms with Crippen LogP contribution >= 0.6 is 0 Å². The molecule has 0 unspecified atom stereocenters. The Morgan fingerprint density at radius 3 is 2.45 bits per heavy atom. The highest BCUT2D eigenvalue weighted by Gasteiger charge is 2.21. The van der Waals surface area contributed by atoms with Crippen LogP contribution in [0.1, 0.15) is 30.3 Å². The number of rotatable bonds is 6. The molecule has 1 aliphatic heterocycles.